The van der Waals surface area contributed by atoms with Crippen molar-refractivity contribution >= 4 is 0 Å². The summed E-state index contributed by atoms with van der Waals surface area (Å²) < 4.78 is 41.2. The number of nitrogens with zero attached hydrogens (tertiary/aromatic N) is 2. The van der Waals surface area contributed by atoms with Gasteiger partial charge in [-0.25, -0.2) is 0 Å². The molecule has 3 nitrogen and oxygen atoms in total. The first-order chi connectivity index (χ1) is 10.0. The zero-order valence-electron chi connectivity index (χ0n) is 12.1. The lowest BCUT2D eigenvalue weighted by molar-refractivity contribution is -0.188. The highest BCUT2D eigenvalue weighted by Crippen LogP contribution is 2.35. The molecular weight excluding hydrogens is 279 g/mol. The Morgan fingerprint density at radius 3 is 2.67 bits per heavy atom. The van der Waals surface area contributed by atoms with E-state index >= 15 is 0 Å². The van der Waals surface area contributed by atoms with Crippen molar-refractivity contribution in [1.29, 1.82) is 0 Å². The van der Waals surface area contributed by atoms with Gasteiger partial charge in [-0.2, -0.15) is 18.3 Å². The van der Waals surface area contributed by atoms with Crippen molar-refractivity contribution in [2.24, 2.45) is 5.92 Å². The van der Waals surface area contributed by atoms with Crippen LogP contribution < -0.4 is 5.32 Å². The Labute approximate surface area is 122 Å². The van der Waals surface area contributed by atoms with Gasteiger partial charge in [-0.05, 0) is 38.3 Å². The lowest BCUT2D eigenvalue weighted by Gasteiger charge is -2.33. The van der Waals surface area contributed by atoms with Gasteiger partial charge < -0.3 is 5.32 Å². The van der Waals surface area contributed by atoms with Gasteiger partial charge in [0.2, 0.25) is 0 Å². The van der Waals surface area contributed by atoms with Gasteiger partial charge in [0.15, 0.2) is 0 Å². The van der Waals surface area contributed by atoms with E-state index in [-0.39, 0.29) is 6.42 Å². The third-order valence-corrected chi connectivity index (χ3v) is 4.80. The van der Waals surface area contributed by atoms with Gasteiger partial charge in [-0.1, -0.05) is 12.8 Å². The third-order valence-electron chi connectivity index (χ3n) is 4.80. The summed E-state index contributed by atoms with van der Waals surface area (Å²) in [4.78, 5) is 0. The number of rotatable bonds is 3. The average molecular weight is 301 g/mol. The number of hydrogen-bond acceptors (Lipinski definition) is 2. The van der Waals surface area contributed by atoms with Crippen LogP contribution in [0.3, 0.4) is 0 Å². The van der Waals surface area contributed by atoms with E-state index in [2.05, 4.69) is 10.4 Å². The van der Waals surface area contributed by atoms with Crippen LogP contribution in [0.4, 0.5) is 13.2 Å². The average Bonchev–Trinajstić information content (AvgIpc) is 3.08. The van der Waals surface area contributed by atoms with Gasteiger partial charge in [-0.3, -0.25) is 4.68 Å². The Balaban J connectivity index is 1.67. The lowest BCUT2D eigenvalue weighted by atomic mass is 9.87. The molecule has 1 aromatic heterocycles. The van der Waals surface area contributed by atoms with Crippen molar-refractivity contribution in [2.75, 3.05) is 6.54 Å². The van der Waals surface area contributed by atoms with Gasteiger partial charge in [0.25, 0.3) is 0 Å². The third kappa shape index (κ3) is 3.42. The maximum atomic E-state index is 13.1. The summed E-state index contributed by atoms with van der Waals surface area (Å²) in [6.45, 7) is 0.667. The van der Waals surface area contributed by atoms with Crippen molar-refractivity contribution < 1.29 is 13.2 Å². The Kier molecular flexibility index (Phi) is 4.24. The monoisotopic (exact) mass is 301 g/mol. The van der Waals surface area contributed by atoms with Crippen LogP contribution in [-0.2, 0) is 6.42 Å². The van der Waals surface area contributed by atoms with Gasteiger partial charge in [0.05, 0.1) is 17.7 Å². The molecule has 2 heterocycles. The highest BCUT2D eigenvalue weighted by atomic mass is 19.4. The van der Waals surface area contributed by atoms with Crippen LogP contribution in [0, 0.1) is 5.92 Å². The maximum Gasteiger partial charge on any atom is 0.393 e. The van der Waals surface area contributed by atoms with Crippen molar-refractivity contribution in [3.8, 4) is 0 Å². The van der Waals surface area contributed by atoms with Crippen LogP contribution >= 0.6 is 0 Å². The number of aromatic nitrogens is 2. The van der Waals surface area contributed by atoms with Crippen LogP contribution in [-0.4, -0.2) is 28.5 Å². The smallest absolute Gasteiger partial charge is 0.313 e. The summed E-state index contributed by atoms with van der Waals surface area (Å²) in [5, 5.41) is 7.55. The zero-order valence-corrected chi connectivity index (χ0v) is 12.1. The molecule has 6 heteroatoms. The number of piperidine rings is 1. The molecular formula is C15H22F3N3. The van der Waals surface area contributed by atoms with Crippen LogP contribution in [0.1, 0.15) is 50.3 Å². The topological polar surface area (TPSA) is 29.9 Å². The van der Waals surface area contributed by atoms with E-state index < -0.39 is 18.1 Å². The fourth-order valence-corrected chi connectivity index (χ4v) is 3.64. The normalized spacial score (nSPS) is 28.1. The van der Waals surface area contributed by atoms with E-state index in [4.69, 9.17) is 0 Å². The van der Waals surface area contributed by atoms with Crippen LogP contribution in [0.25, 0.3) is 0 Å². The van der Waals surface area contributed by atoms with E-state index in [0.717, 1.165) is 18.5 Å². The largest absolute Gasteiger partial charge is 0.393 e. The Bertz CT molecular complexity index is 463. The number of nitrogens with one attached hydrogen (secondary N) is 1. The van der Waals surface area contributed by atoms with Gasteiger partial charge in [-0.15, -0.1) is 0 Å². The van der Waals surface area contributed by atoms with Crippen molar-refractivity contribution in [1.82, 2.24) is 15.1 Å². The summed E-state index contributed by atoms with van der Waals surface area (Å²) in [5.74, 6) is -1.25. The second-order valence-corrected chi connectivity index (χ2v) is 6.28. The lowest BCUT2D eigenvalue weighted by Crippen LogP contribution is -2.48. The minimum absolute atomic E-state index is 0.227. The first-order valence-corrected chi connectivity index (χ1v) is 7.88. The number of halogens is 3. The summed E-state index contributed by atoms with van der Waals surface area (Å²) >= 11 is 0. The second kappa shape index (κ2) is 5.99. The molecule has 0 aromatic carbocycles. The quantitative estimate of drug-likeness (QED) is 0.926. The van der Waals surface area contributed by atoms with E-state index in [0.29, 0.717) is 25.4 Å². The second-order valence-electron chi connectivity index (χ2n) is 6.28. The molecule has 0 bridgehead atoms. The molecule has 0 spiro atoms. The van der Waals surface area contributed by atoms with E-state index in [1.54, 1.807) is 0 Å². The number of alkyl halides is 3. The molecule has 21 heavy (non-hydrogen) atoms. The Morgan fingerprint density at radius 2 is 1.95 bits per heavy atom. The summed E-state index contributed by atoms with van der Waals surface area (Å²) in [5.41, 5.74) is 0.774. The van der Waals surface area contributed by atoms with Gasteiger partial charge in [0.1, 0.15) is 0 Å². The molecule has 0 radical (unpaired) electrons. The molecule has 1 N–H and O–H groups in total. The van der Waals surface area contributed by atoms with Crippen LogP contribution in [0.5, 0.6) is 0 Å². The summed E-state index contributed by atoms with van der Waals surface area (Å²) in [7, 11) is 0. The SMILES string of the molecule is FC(F)(F)C1CCCNC1Cc1ccn(C2CCCC2)n1. The fourth-order valence-electron chi connectivity index (χ4n) is 3.64. The molecule has 2 atom stereocenters. The van der Waals surface area contributed by atoms with Gasteiger partial charge in [0, 0.05) is 18.7 Å². The Morgan fingerprint density at radius 1 is 1.19 bits per heavy atom. The molecule has 1 aliphatic heterocycles. The zero-order chi connectivity index (χ0) is 14.9. The molecule has 1 aliphatic carbocycles. The highest BCUT2D eigenvalue weighted by molar-refractivity contribution is 5.05. The molecule has 1 saturated heterocycles. The van der Waals surface area contributed by atoms with E-state index in [1.807, 2.05) is 16.9 Å². The minimum Gasteiger partial charge on any atom is -0.313 e. The fraction of sp³-hybridized carbons (Fsp3) is 0.800. The van der Waals surface area contributed by atoms with E-state index in [1.165, 1.54) is 12.8 Å². The standard InChI is InChI=1S/C15H22F3N3/c16-15(17,18)13-6-3-8-19-14(13)10-11-7-9-21(20-11)12-4-1-2-5-12/h7,9,12-14,19H,1-6,8,10H2. The molecule has 3 rings (SSSR count). The molecule has 2 unspecified atom stereocenters. The first kappa shape index (κ1) is 14.9. The van der Waals surface area contributed by atoms with Crippen molar-refractivity contribution in [2.45, 2.75) is 63.2 Å². The van der Waals surface area contributed by atoms with Crippen molar-refractivity contribution in [3.05, 3.63) is 18.0 Å². The predicted molar refractivity (Wildman–Crippen MR) is 74.0 cm³/mol. The molecule has 2 fully saturated rings. The Hall–Kier alpha value is -1.04. The minimum atomic E-state index is -4.12. The van der Waals surface area contributed by atoms with Gasteiger partial charge >= 0.3 is 6.18 Å². The number of hydrogen-bond donors (Lipinski definition) is 1. The molecule has 1 saturated carbocycles. The first-order valence-electron chi connectivity index (χ1n) is 7.88. The van der Waals surface area contributed by atoms with Crippen LogP contribution in [0.2, 0.25) is 0 Å². The molecule has 1 aromatic rings. The molecule has 2 aliphatic rings. The predicted octanol–water partition coefficient (Wildman–Crippen LogP) is 3.47. The highest BCUT2D eigenvalue weighted by Gasteiger charge is 2.45. The van der Waals surface area contributed by atoms with Crippen LogP contribution in [0.15, 0.2) is 12.3 Å². The van der Waals surface area contributed by atoms with E-state index in [9.17, 15) is 13.2 Å². The molecule has 118 valence electrons. The van der Waals surface area contributed by atoms with Crippen molar-refractivity contribution in [3.63, 3.8) is 0 Å². The summed E-state index contributed by atoms with van der Waals surface area (Å²) in [6.07, 6.45) is 3.71. The molecule has 0 amide bonds. The maximum absolute atomic E-state index is 13.1. The summed E-state index contributed by atoms with van der Waals surface area (Å²) in [6, 6.07) is 1.78.